The molecule has 1 saturated heterocycles. The number of carbonyl (C=O) groups excluding carboxylic acids is 1. The van der Waals surface area contributed by atoms with Crippen molar-refractivity contribution in [3.8, 4) is 0 Å². The zero-order valence-corrected chi connectivity index (χ0v) is 11.4. The highest BCUT2D eigenvalue weighted by atomic mass is 35.5. The van der Waals surface area contributed by atoms with Crippen molar-refractivity contribution >= 4 is 29.3 Å². The number of nitrogens with one attached hydrogen (secondary N) is 1. The van der Waals surface area contributed by atoms with E-state index in [1.165, 1.54) is 17.0 Å². The molecular weight excluding hydrogens is 287 g/mol. The van der Waals surface area contributed by atoms with Crippen LogP contribution in [0.1, 0.15) is 12.8 Å². The lowest BCUT2D eigenvalue weighted by Crippen LogP contribution is -2.42. The van der Waals surface area contributed by atoms with Crippen molar-refractivity contribution in [2.75, 3.05) is 18.4 Å². The number of likely N-dealkylation sites (tertiary alicyclic amines) is 1. The summed E-state index contributed by atoms with van der Waals surface area (Å²) in [4.78, 5) is 24.3. The minimum atomic E-state index is -0.827. The van der Waals surface area contributed by atoms with E-state index in [1.807, 2.05) is 0 Å². The van der Waals surface area contributed by atoms with Crippen LogP contribution in [0.4, 0.5) is 14.9 Å². The predicted octanol–water partition coefficient (Wildman–Crippen LogP) is 2.81. The van der Waals surface area contributed by atoms with Crippen molar-refractivity contribution in [2.45, 2.75) is 12.8 Å². The molecule has 5 nitrogen and oxygen atoms in total. The number of aliphatic carboxylic acids is 1. The van der Waals surface area contributed by atoms with Crippen LogP contribution in [0.25, 0.3) is 0 Å². The van der Waals surface area contributed by atoms with E-state index in [1.54, 1.807) is 0 Å². The molecule has 0 aromatic heterocycles. The molecule has 2 N–H and O–H groups in total. The lowest BCUT2D eigenvalue weighted by molar-refractivity contribution is -0.143. The Labute approximate surface area is 120 Å². The lowest BCUT2D eigenvalue weighted by atomic mass is 9.97. The van der Waals surface area contributed by atoms with E-state index in [9.17, 15) is 14.0 Å². The Hall–Kier alpha value is -1.82. The van der Waals surface area contributed by atoms with Crippen molar-refractivity contribution in [3.05, 3.63) is 29.0 Å². The summed E-state index contributed by atoms with van der Waals surface area (Å²) in [6.07, 6.45) is 0.861. The molecule has 2 rings (SSSR count). The minimum absolute atomic E-state index is 0.124. The molecule has 1 heterocycles. The number of carboxylic acid groups (broad SMARTS) is 1. The van der Waals surface area contributed by atoms with Crippen LogP contribution in [-0.2, 0) is 4.79 Å². The van der Waals surface area contributed by atoms with Gasteiger partial charge in [0.25, 0.3) is 0 Å². The van der Waals surface area contributed by atoms with E-state index in [0.717, 1.165) is 6.07 Å². The molecule has 108 valence electrons. The molecule has 1 aliphatic rings. The third kappa shape index (κ3) is 3.39. The van der Waals surface area contributed by atoms with E-state index in [-0.39, 0.29) is 11.1 Å². The largest absolute Gasteiger partial charge is 0.481 e. The molecule has 20 heavy (non-hydrogen) atoms. The predicted molar refractivity (Wildman–Crippen MR) is 72.4 cm³/mol. The van der Waals surface area contributed by atoms with Crippen molar-refractivity contribution in [1.82, 2.24) is 4.90 Å². The van der Waals surface area contributed by atoms with Crippen molar-refractivity contribution < 1.29 is 19.1 Å². The number of hydrogen-bond acceptors (Lipinski definition) is 2. The Kier molecular flexibility index (Phi) is 4.44. The van der Waals surface area contributed by atoms with E-state index in [2.05, 4.69) is 5.32 Å². The first-order chi connectivity index (χ1) is 9.47. The maximum Gasteiger partial charge on any atom is 0.321 e. The molecule has 0 bridgehead atoms. The highest BCUT2D eigenvalue weighted by Crippen LogP contribution is 2.24. The number of hydrogen-bond donors (Lipinski definition) is 2. The Morgan fingerprint density at radius 2 is 2.00 bits per heavy atom. The third-order valence-corrected chi connectivity index (χ3v) is 3.62. The summed E-state index contributed by atoms with van der Waals surface area (Å²) < 4.78 is 12.9. The normalized spacial score (nSPS) is 16.0. The molecule has 1 aromatic rings. The van der Waals surface area contributed by atoms with E-state index in [4.69, 9.17) is 16.7 Å². The summed E-state index contributed by atoms with van der Waals surface area (Å²) in [5.41, 5.74) is 0.332. The first-order valence-electron chi connectivity index (χ1n) is 6.21. The molecule has 1 aliphatic heterocycles. The maximum absolute atomic E-state index is 12.9. The number of rotatable bonds is 2. The van der Waals surface area contributed by atoms with Crippen molar-refractivity contribution in [2.24, 2.45) is 5.92 Å². The van der Waals surface area contributed by atoms with Gasteiger partial charge in [0.15, 0.2) is 0 Å². The third-order valence-electron chi connectivity index (χ3n) is 3.30. The molecule has 0 radical (unpaired) electrons. The molecule has 7 heteroatoms. The second kappa shape index (κ2) is 6.09. The van der Waals surface area contributed by atoms with Crippen LogP contribution in [0, 0.1) is 11.7 Å². The van der Waals surface area contributed by atoms with Gasteiger partial charge in [-0.3, -0.25) is 4.79 Å². The fourth-order valence-corrected chi connectivity index (χ4v) is 2.33. The molecule has 0 saturated carbocycles. The van der Waals surface area contributed by atoms with Gasteiger partial charge in [-0.2, -0.15) is 0 Å². The smallest absolute Gasteiger partial charge is 0.321 e. The number of nitrogens with zero attached hydrogens (tertiary/aromatic N) is 1. The summed E-state index contributed by atoms with van der Waals surface area (Å²) in [6, 6.07) is 3.35. The number of carbonyl (C=O) groups is 2. The topological polar surface area (TPSA) is 69.6 Å². The van der Waals surface area contributed by atoms with Crippen LogP contribution in [0.3, 0.4) is 0 Å². The number of piperidine rings is 1. The molecule has 1 fully saturated rings. The Morgan fingerprint density at radius 3 is 2.55 bits per heavy atom. The quantitative estimate of drug-likeness (QED) is 0.882. The van der Waals surface area contributed by atoms with Gasteiger partial charge in [0.2, 0.25) is 0 Å². The first kappa shape index (κ1) is 14.6. The number of halogens is 2. The number of amides is 2. The molecule has 0 atom stereocenters. The average molecular weight is 301 g/mol. The van der Waals surface area contributed by atoms with E-state index in [0.29, 0.717) is 31.6 Å². The van der Waals surface area contributed by atoms with Gasteiger partial charge in [0.1, 0.15) is 5.82 Å². The number of benzene rings is 1. The SMILES string of the molecule is O=C(O)C1CCN(C(=O)Nc2ccc(F)cc2Cl)CC1. The van der Waals surface area contributed by atoms with E-state index >= 15 is 0 Å². The van der Waals surface area contributed by atoms with Crippen LogP contribution in [0.5, 0.6) is 0 Å². The lowest BCUT2D eigenvalue weighted by Gasteiger charge is -2.30. The van der Waals surface area contributed by atoms with Gasteiger partial charge in [-0.05, 0) is 31.0 Å². The molecule has 0 unspecified atom stereocenters. The fourth-order valence-electron chi connectivity index (χ4n) is 2.11. The molecule has 0 spiro atoms. The average Bonchev–Trinajstić information content (AvgIpc) is 2.42. The standard InChI is InChI=1S/C13H14ClFN2O3/c14-10-7-9(15)1-2-11(10)16-13(20)17-5-3-8(4-6-17)12(18)19/h1-2,7-8H,3-6H2,(H,16,20)(H,18,19). The Balaban J connectivity index is 1.94. The molecule has 0 aliphatic carbocycles. The van der Waals surface area contributed by atoms with Crippen LogP contribution in [-0.4, -0.2) is 35.1 Å². The first-order valence-corrected chi connectivity index (χ1v) is 6.59. The summed E-state index contributed by atoms with van der Waals surface area (Å²) in [6.45, 7) is 0.753. The zero-order chi connectivity index (χ0) is 14.7. The van der Waals surface area contributed by atoms with Gasteiger partial charge in [-0.25, -0.2) is 9.18 Å². The second-order valence-corrected chi connectivity index (χ2v) is 5.06. The van der Waals surface area contributed by atoms with E-state index < -0.39 is 17.7 Å². The summed E-state index contributed by atoms with van der Waals surface area (Å²) in [5.74, 6) is -1.70. The summed E-state index contributed by atoms with van der Waals surface area (Å²) in [7, 11) is 0. The van der Waals surface area contributed by atoms with Crippen LogP contribution in [0.15, 0.2) is 18.2 Å². The fraction of sp³-hybridized carbons (Fsp3) is 0.385. The van der Waals surface area contributed by atoms with Gasteiger partial charge in [-0.1, -0.05) is 11.6 Å². The van der Waals surface area contributed by atoms with Gasteiger partial charge in [0, 0.05) is 13.1 Å². The zero-order valence-electron chi connectivity index (χ0n) is 10.6. The van der Waals surface area contributed by atoms with Gasteiger partial charge in [0.05, 0.1) is 16.6 Å². The Morgan fingerprint density at radius 1 is 1.35 bits per heavy atom. The summed E-state index contributed by atoms with van der Waals surface area (Å²) >= 11 is 5.83. The maximum atomic E-state index is 12.9. The van der Waals surface area contributed by atoms with Crippen LogP contribution >= 0.6 is 11.6 Å². The highest BCUT2D eigenvalue weighted by molar-refractivity contribution is 6.33. The Bertz CT molecular complexity index is 530. The monoisotopic (exact) mass is 300 g/mol. The van der Waals surface area contributed by atoms with Gasteiger partial charge in [-0.15, -0.1) is 0 Å². The number of anilines is 1. The molecule has 1 aromatic carbocycles. The molecular formula is C13H14ClFN2O3. The second-order valence-electron chi connectivity index (χ2n) is 4.65. The van der Waals surface area contributed by atoms with Crippen molar-refractivity contribution in [3.63, 3.8) is 0 Å². The molecule has 2 amide bonds. The summed E-state index contributed by atoms with van der Waals surface area (Å²) in [5, 5.41) is 11.6. The highest BCUT2D eigenvalue weighted by Gasteiger charge is 2.27. The van der Waals surface area contributed by atoms with Gasteiger partial charge >= 0.3 is 12.0 Å². The minimum Gasteiger partial charge on any atom is -0.481 e. The number of carboxylic acids is 1. The van der Waals surface area contributed by atoms with Gasteiger partial charge < -0.3 is 15.3 Å². The van der Waals surface area contributed by atoms with Crippen molar-refractivity contribution in [1.29, 1.82) is 0 Å². The number of urea groups is 1. The van der Waals surface area contributed by atoms with Crippen LogP contribution < -0.4 is 5.32 Å². The van der Waals surface area contributed by atoms with Crippen LogP contribution in [0.2, 0.25) is 5.02 Å².